The van der Waals surface area contributed by atoms with E-state index in [0.717, 1.165) is 40.4 Å². The molecule has 1 heterocycles. The zero-order valence-electron chi connectivity index (χ0n) is 21.3. The number of benzene rings is 3. The molecule has 38 heavy (non-hydrogen) atoms. The van der Waals surface area contributed by atoms with Gasteiger partial charge in [0.1, 0.15) is 11.6 Å². The Morgan fingerprint density at radius 2 is 1.66 bits per heavy atom. The summed E-state index contributed by atoms with van der Waals surface area (Å²) >= 11 is 0. The second kappa shape index (κ2) is 11.6. The van der Waals surface area contributed by atoms with Gasteiger partial charge in [0, 0.05) is 37.6 Å². The van der Waals surface area contributed by atoms with Crippen LogP contribution in [0.15, 0.2) is 71.5 Å². The predicted octanol–water partition coefficient (Wildman–Crippen LogP) is 3.35. The number of rotatable bonds is 9. The number of halogens is 2. The lowest BCUT2D eigenvalue weighted by Crippen LogP contribution is -2.46. The van der Waals surface area contributed by atoms with Gasteiger partial charge in [-0.1, -0.05) is 49.4 Å². The summed E-state index contributed by atoms with van der Waals surface area (Å²) in [6.07, 6.45) is -0.394. The van der Waals surface area contributed by atoms with Crippen LogP contribution >= 0.6 is 0 Å². The van der Waals surface area contributed by atoms with Crippen LogP contribution in [-0.2, 0) is 26.4 Å². The van der Waals surface area contributed by atoms with E-state index in [9.17, 15) is 23.5 Å². The van der Waals surface area contributed by atoms with Crippen molar-refractivity contribution in [3.63, 3.8) is 0 Å². The van der Waals surface area contributed by atoms with Gasteiger partial charge in [-0.25, -0.2) is 13.5 Å². The Labute approximate surface area is 219 Å². The minimum absolute atomic E-state index is 0.00418. The zero-order chi connectivity index (χ0) is 27.4. The Kier molecular flexibility index (Phi) is 8.29. The number of fused-ring (bicyclic) bond motifs is 1. The van der Waals surface area contributed by atoms with E-state index in [1.165, 1.54) is 11.9 Å². The van der Waals surface area contributed by atoms with Crippen molar-refractivity contribution in [1.82, 2.24) is 14.7 Å². The maximum absolute atomic E-state index is 13.9. The van der Waals surface area contributed by atoms with E-state index in [-0.39, 0.29) is 30.8 Å². The molecule has 4 rings (SSSR count). The number of hydrogen-bond acceptors (Lipinski definition) is 5. The molecule has 0 aliphatic heterocycles. The Hall–Kier alpha value is -3.95. The lowest BCUT2D eigenvalue weighted by atomic mass is 10.0. The molecule has 9 heteroatoms. The highest BCUT2D eigenvalue weighted by molar-refractivity contribution is 6.04. The molecule has 0 fully saturated rings. The Bertz CT molecular complexity index is 1500. The van der Waals surface area contributed by atoms with Crippen LogP contribution in [0.1, 0.15) is 34.1 Å². The lowest BCUT2D eigenvalue weighted by Gasteiger charge is -2.28. The summed E-state index contributed by atoms with van der Waals surface area (Å²) in [5, 5.41) is 16.0. The molecule has 198 valence electrons. The number of hydrogen-bond donors (Lipinski definition) is 2. The smallest absolute Gasteiger partial charge is 0.275 e. The third-order valence-corrected chi connectivity index (χ3v) is 6.51. The maximum Gasteiger partial charge on any atom is 0.275 e. The largest absolute Gasteiger partial charge is 0.390 e. The van der Waals surface area contributed by atoms with Gasteiger partial charge < -0.3 is 15.7 Å². The second-order valence-electron chi connectivity index (χ2n) is 9.40. The molecule has 0 radical (unpaired) electrons. The van der Waals surface area contributed by atoms with Crippen molar-refractivity contribution in [3.05, 3.63) is 111 Å². The van der Waals surface area contributed by atoms with Gasteiger partial charge in [-0.2, -0.15) is 5.10 Å². The van der Waals surface area contributed by atoms with Crippen molar-refractivity contribution in [1.29, 1.82) is 0 Å². The summed E-state index contributed by atoms with van der Waals surface area (Å²) < 4.78 is 28.4. The molecule has 0 unspecified atom stereocenters. The number of aryl methyl sites for hydroxylation is 2. The summed E-state index contributed by atoms with van der Waals surface area (Å²) in [5.74, 6) is -1.95. The summed E-state index contributed by atoms with van der Waals surface area (Å²) in [4.78, 5) is 27.9. The van der Waals surface area contributed by atoms with Crippen molar-refractivity contribution >= 4 is 16.7 Å². The van der Waals surface area contributed by atoms with Crippen molar-refractivity contribution in [3.8, 4) is 0 Å². The van der Waals surface area contributed by atoms with Crippen molar-refractivity contribution in [2.24, 2.45) is 12.8 Å². The van der Waals surface area contributed by atoms with E-state index < -0.39 is 29.7 Å². The van der Waals surface area contributed by atoms with Gasteiger partial charge in [-0.15, -0.1) is 0 Å². The summed E-state index contributed by atoms with van der Waals surface area (Å²) in [5.41, 5.74) is 8.19. The molecule has 7 nitrogen and oxygen atoms in total. The van der Waals surface area contributed by atoms with Gasteiger partial charge in [0.2, 0.25) is 0 Å². The molecular formula is C29H30F2N4O3. The number of carbonyl (C=O) groups is 1. The Balaban J connectivity index is 1.67. The molecule has 0 saturated carbocycles. The summed E-state index contributed by atoms with van der Waals surface area (Å²) in [6, 6.07) is 16.7. The van der Waals surface area contributed by atoms with E-state index in [4.69, 9.17) is 5.73 Å². The second-order valence-corrected chi connectivity index (χ2v) is 9.40. The number of aliphatic hydroxyl groups is 1. The topological polar surface area (TPSA) is 101 Å². The average Bonchev–Trinajstić information content (AvgIpc) is 2.89. The van der Waals surface area contributed by atoms with Crippen LogP contribution < -0.4 is 11.3 Å². The Morgan fingerprint density at radius 3 is 2.34 bits per heavy atom. The van der Waals surface area contributed by atoms with Gasteiger partial charge in [0.15, 0.2) is 5.69 Å². The van der Waals surface area contributed by atoms with Crippen LogP contribution in [0.2, 0.25) is 0 Å². The van der Waals surface area contributed by atoms with Gasteiger partial charge in [0.05, 0.1) is 11.5 Å². The first-order chi connectivity index (χ1) is 18.2. The van der Waals surface area contributed by atoms with Crippen LogP contribution in [0.3, 0.4) is 0 Å². The third kappa shape index (κ3) is 6.12. The molecule has 3 N–H and O–H groups in total. The normalized spacial score (nSPS) is 12.9. The number of carbonyl (C=O) groups excluding carboxylic acids is 1. The minimum Gasteiger partial charge on any atom is -0.390 e. The van der Waals surface area contributed by atoms with Crippen LogP contribution in [0.4, 0.5) is 8.78 Å². The number of nitrogens with two attached hydrogens (primary N) is 1. The van der Waals surface area contributed by atoms with Gasteiger partial charge in [-0.05, 0) is 47.7 Å². The SMILES string of the molecule is CCc1cccc(CN(C[C@@H](O)[C@@H](N)Cc2cc(F)cc(F)c2)C(=O)c2nn(C)c(=O)c3ccccc23)c1. The zero-order valence-corrected chi connectivity index (χ0v) is 21.3. The third-order valence-electron chi connectivity index (χ3n) is 6.51. The fraction of sp³-hybridized carbons (Fsp3) is 0.276. The van der Waals surface area contributed by atoms with Crippen LogP contribution in [0.5, 0.6) is 0 Å². The highest BCUT2D eigenvalue weighted by Crippen LogP contribution is 2.19. The molecule has 0 saturated heterocycles. The van der Waals surface area contributed by atoms with Gasteiger partial charge >= 0.3 is 0 Å². The average molecular weight is 521 g/mol. The molecule has 3 aromatic carbocycles. The van der Waals surface area contributed by atoms with Crippen LogP contribution in [0, 0.1) is 11.6 Å². The molecule has 1 amide bonds. The monoisotopic (exact) mass is 520 g/mol. The quantitative estimate of drug-likeness (QED) is 0.353. The molecule has 4 aromatic rings. The van der Waals surface area contributed by atoms with E-state index in [1.807, 2.05) is 31.2 Å². The van der Waals surface area contributed by atoms with Crippen molar-refractivity contribution in [2.75, 3.05) is 6.54 Å². The first-order valence-electron chi connectivity index (χ1n) is 12.4. The standard InChI is InChI=1S/C29H30F2N4O3/c1-3-18-7-6-8-19(11-18)16-35(17-26(36)25(32)14-20-12-21(30)15-22(31)13-20)29(38)27-23-9-4-5-10-24(23)28(37)34(2)33-27/h4-13,15,25-26,36H,3,14,16-17,32H2,1-2H3/t25-,26+/m0/s1. The van der Waals surface area contributed by atoms with Crippen LogP contribution in [0.25, 0.3) is 10.8 Å². The highest BCUT2D eigenvalue weighted by atomic mass is 19.1. The maximum atomic E-state index is 13.9. The molecular weight excluding hydrogens is 490 g/mol. The Morgan fingerprint density at radius 1 is 1.00 bits per heavy atom. The van der Waals surface area contributed by atoms with Crippen LogP contribution in [-0.4, -0.2) is 44.4 Å². The summed E-state index contributed by atoms with van der Waals surface area (Å²) in [6.45, 7) is 2.03. The van der Waals surface area contributed by atoms with E-state index >= 15 is 0 Å². The molecule has 0 bridgehead atoms. The first kappa shape index (κ1) is 27.1. The fourth-order valence-corrected chi connectivity index (χ4v) is 4.49. The van der Waals surface area contributed by atoms with Crippen molar-refractivity contribution < 1.29 is 18.7 Å². The number of nitrogens with zero attached hydrogens (tertiary/aromatic N) is 3. The molecule has 0 aliphatic carbocycles. The summed E-state index contributed by atoms with van der Waals surface area (Å²) in [7, 11) is 1.48. The van der Waals surface area contributed by atoms with Gasteiger partial charge in [0.25, 0.3) is 11.5 Å². The molecule has 0 aliphatic rings. The number of aliphatic hydroxyl groups excluding tert-OH is 1. The van der Waals surface area contributed by atoms with Gasteiger partial charge in [-0.3, -0.25) is 9.59 Å². The predicted molar refractivity (Wildman–Crippen MR) is 142 cm³/mol. The highest BCUT2D eigenvalue weighted by Gasteiger charge is 2.27. The minimum atomic E-state index is -1.21. The van der Waals surface area contributed by atoms with E-state index in [2.05, 4.69) is 5.10 Å². The lowest BCUT2D eigenvalue weighted by molar-refractivity contribution is 0.0549. The number of aromatic nitrogens is 2. The molecule has 0 spiro atoms. The molecule has 1 aromatic heterocycles. The van der Waals surface area contributed by atoms with Crippen molar-refractivity contribution in [2.45, 2.75) is 38.5 Å². The van der Waals surface area contributed by atoms with E-state index in [0.29, 0.717) is 16.3 Å². The first-order valence-corrected chi connectivity index (χ1v) is 12.4. The number of amides is 1. The molecule has 2 atom stereocenters. The van der Waals surface area contributed by atoms with E-state index in [1.54, 1.807) is 24.3 Å². The fourth-order valence-electron chi connectivity index (χ4n) is 4.49.